The molecule has 5 rings (SSSR count). The van der Waals surface area contributed by atoms with E-state index in [9.17, 15) is 13.6 Å². The SMILES string of the molecule is O=C(Nc1noc2ccccc12)N1CCN(c2cc(-c3cccc(F)c3F)ccn2)CC1. The Morgan fingerprint density at radius 3 is 2.66 bits per heavy atom. The van der Waals surface area contributed by atoms with Gasteiger partial charge in [0.25, 0.3) is 0 Å². The highest BCUT2D eigenvalue weighted by Gasteiger charge is 2.23. The minimum absolute atomic E-state index is 0.187. The molecule has 2 aromatic heterocycles. The van der Waals surface area contributed by atoms with Gasteiger partial charge in [-0.2, -0.15) is 0 Å². The predicted molar refractivity (Wildman–Crippen MR) is 116 cm³/mol. The monoisotopic (exact) mass is 435 g/mol. The molecule has 1 fully saturated rings. The second-order valence-electron chi connectivity index (χ2n) is 7.44. The molecule has 0 bridgehead atoms. The Bertz CT molecular complexity index is 1280. The Morgan fingerprint density at radius 1 is 1.00 bits per heavy atom. The zero-order chi connectivity index (χ0) is 22.1. The quantitative estimate of drug-likeness (QED) is 0.512. The topological polar surface area (TPSA) is 74.5 Å². The Morgan fingerprint density at radius 2 is 1.81 bits per heavy atom. The summed E-state index contributed by atoms with van der Waals surface area (Å²) in [7, 11) is 0. The van der Waals surface area contributed by atoms with Gasteiger partial charge < -0.3 is 14.3 Å². The number of nitrogens with one attached hydrogen (secondary N) is 1. The van der Waals surface area contributed by atoms with Crippen molar-refractivity contribution in [3.05, 3.63) is 72.4 Å². The smallest absolute Gasteiger partial charge is 0.323 e. The molecule has 32 heavy (non-hydrogen) atoms. The lowest BCUT2D eigenvalue weighted by Gasteiger charge is -2.35. The lowest BCUT2D eigenvalue weighted by atomic mass is 10.1. The molecule has 3 heterocycles. The Labute approximate surface area is 182 Å². The summed E-state index contributed by atoms with van der Waals surface area (Å²) in [5, 5.41) is 7.48. The summed E-state index contributed by atoms with van der Waals surface area (Å²) >= 11 is 0. The van der Waals surface area contributed by atoms with Crippen LogP contribution in [0.5, 0.6) is 0 Å². The van der Waals surface area contributed by atoms with E-state index in [1.54, 1.807) is 29.3 Å². The maximum absolute atomic E-state index is 14.2. The van der Waals surface area contributed by atoms with E-state index >= 15 is 0 Å². The summed E-state index contributed by atoms with van der Waals surface area (Å²) < 4.78 is 33.0. The van der Waals surface area contributed by atoms with Gasteiger partial charge in [-0.3, -0.25) is 5.32 Å². The number of carbonyl (C=O) groups is 1. The number of hydrogen-bond acceptors (Lipinski definition) is 5. The number of nitrogens with zero attached hydrogens (tertiary/aromatic N) is 4. The van der Waals surface area contributed by atoms with Gasteiger partial charge in [0.05, 0.1) is 5.39 Å². The zero-order valence-corrected chi connectivity index (χ0v) is 17.0. The summed E-state index contributed by atoms with van der Waals surface area (Å²) in [6.45, 7) is 2.05. The third-order valence-electron chi connectivity index (χ3n) is 5.50. The minimum Gasteiger partial charge on any atom is -0.354 e. The second-order valence-corrected chi connectivity index (χ2v) is 7.44. The molecule has 2 amide bonds. The first-order valence-corrected chi connectivity index (χ1v) is 10.2. The summed E-state index contributed by atoms with van der Waals surface area (Å²) in [5.41, 5.74) is 1.34. The summed E-state index contributed by atoms with van der Waals surface area (Å²) in [6, 6.07) is 14.5. The number of hydrogen-bond donors (Lipinski definition) is 1. The van der Waals surface area contributed by atoms with Gasteiger partial charge in [-0.15, -0.1) is 0 Å². The third kappa shape index (κ3) is 3.73. The van der Waals surface area contributed by atoms with Crippen LogP contribution in [0.1, 0.15) is 0 Å². The molecule has 0 atom stereocenters. The summed E-state index contributed by atoms with van der Waals surface area (Å²) in [4.78, 5) is 20.8. The molecular formula is C23H19F2N5O2. The zero-order valence-electron chi connectivity index (χ0n) is 17.0. The van der Waals surface area contributed by atoms with E-state index in [4.69, 9.17) is 4.52 Å². The minimum atomic E-state index is -0.889. The molecule has 1 aliphatic rings. The van der Waals surface area contributed by atoms with E-state index < -0.39 is 11.6 Å². The molecule has 1 aliphatic heterocycles. The number of fused-ring (bicyclic) bond motifs is 1. The maximum atomic E-state index is 14.2. The van der Waals surface area contributed by atoms with Gasteiger partial charge in [0.2, 0.25) is 0 Å². The fourth-order valence-electron chi connectivity index (χ4n) is 3.78. The number of amides is 2. The molecule has 0 spiro atoms. The number of piperazine rings is 1. The molecule has 0 aliphatic carbocycles. The standard InChI is InChI=1S/C23H19F2N5O2/c24-18-6-3-5-16(21(18)25)15-8-9-26-20(14-15)29-10-12-30(13-11-29)23(31)27-22-17-4-1-2-7-19(17)32-28-22/h1-9,14H,10-13H2,(H,27,28,31). The molecule has 1 N–H and O–H groups in total. The highest BCUT2D eigenvalue weighted by atomic mass is 19.2. The molecule has 0 unspecified atom stereocenters. The molecule has 4 aromatic rings. The highest BCUT2D eigenvalue weighted by Crippen LogP contribution is 2.27. The molecule has 2 aromatic carbocycles. The third-order valence-corrected chi connectivity index (χ3v) is 5.50. The molecule has 7 nitrogen and oxygen atoms in total. The highest BCUT2D eigenvalue weighted by molar-refractivity contribution is 5.98. The van der Waals surface area contributed by atoms with Crippen molar-refractivity contribution in [1.82, 2.24) is 15.0 Å². The average Bonchev–Trinajstić information content (AvgIpc) is 3.24. The Kier molecular flexibility index (Phi) is 5.14. The number of aromatic nitrogens is 2. The van der Waals surface area contributed by atoms with Crippen molar-refractivity contribution in [3.8, 4) is 11.1 Å². The van der Waals surface area contributed by atoms with Crippen molar-refractivity contribution in [2.45, 2.75) is 0 Å². The van der Waals surface area contributed by atoms with Crippen LogP contribution in [0.15, 0.2) is 65.3 Å². The van der Waals surface area contributed by atoms with Gasteiger partial charge in [0.15, 0.2) is 23.0 Å². The summed E-state index contributed by atoms with van der Waals surface area (Å²) in [5.74, 6) is -0.736. The lowest BCUT2D eigenvalue weighted by Crippen LogP contribution is -2.50. The van der Waals surface area contributed by atoms with E-state index in [2.05, 4.69) is 15.5 Å². The van der Waals surface area contributed by atoms with Crippen LogP contribution in [0.3, 0.4) is 0 Å². The fourth-order valence-corrected chi connectivity index (χ4v) is 3.78. The van der Waals surface area contributed by atoms with Crippen LogP contribution in [-0.4, -0.2) is 47.3 Å². The second kappa shape index (κ2) is 8.26. The number of carbonyl (C=O) groups excluding carboxylic acids is 1. The Balaban J connectivity index is 1.26. The van der Waals surface area contributed by atoms with Crippen molar-refractivity contribution in [2.24, 2.45) is 0 Å². The van der Waals surface area contributed by atoms with Gasteiger partial charge in [0, 0.05) is 37.9 Å². The normalized spacial score (nSPS) is 14.1. The van der Waals surface area contributed by atoms with E-state index in [0.29, 0.717) is 49.0 Å². The van der Waals surface area contributed by atoms with Crippen LogP contribution >= 0.6 is 0 Å². The van der Waals surface area contributed by atoms with Gasteiger partial charge in [-0.1, -0.05) is 29.4 Å². The number of rotatable bonds is 3. The average molecular weight is 435 g/mol. The van der Waals surface area contributed by atoms with Crippen LogP contribution in [-0.2, 0) is 0 Å². The molecule has 162 valence electrons. The molecule has 9 heteroatoms. The number of anilines is 2. The fraction of sp³-hybridized carbons (Fsp3) is 0.174. The largest absolute Gasteiger partial charge is 0.354 e. The van der Waals surface area contributed by atoms with Crippen molar-refractivity contribution in [2.75, 3.05) is 36.4 Å². The molecular weight excluding hydrogens is 416 g/mol. The van der Waals surface area contributed by atoms with Crippen LogP contribution in [0.25, 0.3) is 22.1 Å². The van der Waals surface area contributed by atoms with Crippen LogP contribution < -0.4 is 10.2 Å². The molecule has 1 saturated heterocycles. The predicted octanol–water partition coefficient (Wildman–Crippen LogP) is 4.52. The van der Waals surface area contributed by atoms with E-state index in [-0.39, 0.29) is 11.6 Å². The van der Waals surface area contributed by atoms with Gasteiger partial charge >= 0.3 is 6.03 Å². The van der Waals surface area contributed by atoms with Crippen molar-refractivity contribution in [1.29, 1.82) is 0 Å². The number of halogens is 2. The van der Waals surface area contributed by atoms with Crippen molar-refractivity contribution >= 4 is 28.6 Å². The number of benzene rings is 2. The van der Waals surface area contributed by atoms with Crippen LogP contribution in [0.2, 0.25) is 0 Å². The van der Waals surface area contributed by atoms with E-state index in [0.717, 1.165) is 11.5 Å². The number of urea groups is 1. The number of para-hydroxylation sites is 1. The number of pyridine rings is 1. The van der Waals surface area contributed by atoms with Crippen LogP contribution in [0.4, 0.5) is 25.2 Å². The van der Waals surface area contributed by atoms with E-state index in [1.807, 2.05) is 23.1 Å². The van der Waals surface area contributed by atoms with Crippen molar-refractivity contribution < 1.29 is 18.1 Å². The molecule has 0 saturated carbocycles. The lowest BCUT2D eigenvalue weighted by molar-refractivity contribution is 0.208. The summed E-state index contributed by atoms with van der Waals surface area (Å²) in [6.07, 6.45) is 1.57. The first-order valence-electron chi connectivity index (χ1n) is 10.2. The molecule has 0 radical (unpaired) electrons. The Hall–Kier alpha value is -4.01. The van der Waals surface area contributed by atoms with Gasteiger partial charge in [0.1, 0.15) is 5.82 Å². The van der Waals surface area contributed by atoms with Gasteiger partial charge in [-0.05, 0) is 35.9 Å². The van der Waals surface area contributed by atoms with Crippen molar-refractivity contribution in [3.63, 3.8) is 0 Å². The first kappa shape index (κ1) is 19.9. The maximum Gasteiger partial charge on any atom is 0.323 e. The van der Waals surface area contributed by atoms with Gasteiger partial charge in [-0.25, -0.2) is 18.6 Å². The van der Waals surface area contributed by atoms with Crippen LogP contribution in [0, 0.1) is 11.6 Å². The first-order chi connectivity index (χ1) is 15.6. The van der Waals surface area contributed by atoms with E-state index in [1.165, 1.54) is 12.1 Å².